The lowest BCUT2D eigenvalue weighted by molar-refractivity contribution is 0.100. The number of para-hydroxylation sites is 2. The second-order valence-corrected chi connectivity index (χ2v) is 4.12. The smallest absolute Gasteiger partial charge is 0.248 e. The van der Waals surface area contributed by atoms with Gasteiger partial charge in [0, 0.05) is 18.3 Å². The Labute approximate surface area is 112 Å². The van der Waals surface area contributed by atoms with E-state index in [0.29, 0.717) is 5.56 Å². The summed E-state index contributed by atoms with van der Waals surface area (Å²) >= 11 is 0. The largest absolute Gasteiger partial charge is 0.366 e. The zero-order valence-electron chi connectivity index (χ0n) is 10.7. The predicted molar refractivity (Wildman–Crippen MR) is 78.7 cm³/mol. The average molecular weight is 253 g/mol. The lowest BCUT2D eigenvalue weighted by Crippen LogP contribution is -2.12. The number of primary amides is 1. The number of hydrogen-bond acceptors (Lipinski definition) is 3. The molecule has 0 radical (unpaired) electrons. The third kappa shape index (κ3) is 2.63. The highest BCUT2D eigenvalue weighted by molar-refractivity contribution is 5.93. The van der Waals surface area contributed by atoms with Crippen molar-refractivity contribution in [2.24, 2.45) is 10.7 Å². The minimum Gasteiger partial charge on any atom is -0.366 e. The number of hydrogen-bond donors (Lipinski definition) is 1. The van der Waals surface area contributed by atoms with Crippen molar-refractivity contribution in [1.29, 1.82) is 0 Å². The number of aliphatic imine (C=N–C) groups is 1. The summed E-state index contributed by atoms with van der Waals surface area (Å²) in [7, 11) is 1.93. The molecular weight excluding hydrogens is 238 g/mol. The van der Waals surface area contributed by atoms with E-state index in [1.807, 2.05) is 48.3 Å². The molecule has 96 valence electrons. The highest BCUT2D eigenvalue weighted by Crippen LogP contribution is 2.32. The van der Waals surface area contributed by atoms with Crippen LogP contribution in [0.25, 0.3) is 0 Å². The highest BCUT2D eigenvalue weighted by Gasteiger charge is 2.08. The number of rotatable bonds is 4. The van der Waals surface area contributed by atoms with E-state index < -0.39 is 5.91 Å². The predicted octanol–water partition coefficient (Wildman–Crippen LogP) is 2.89. The fourth-order valence-corrected chi connectivity index (χ4v) is 1.87. The minimum absolute atomic E-state index is 0.428. The first kappa shape index (κ1) is 12.8. The molecule has 0 saturated heterocycles. The maximum Gasteiger partial charge on any atom is 0.248 e. The van der Waals surface area contributed by atoms with E-state index >= 15 is 0 Å². The van der Waals surface area contributed by atoms with Crippen molar-refractivity contribution in [3.63, 3.8) is 0 Å². The lowest BCUT2D eigenvalue weighted by Gasteiger charge is -2.21. The van der Waals surface area contributed by atoms with Crippen LogP contribution in [0.3, 0.4) is 0 Å². The zero-order chi connectivity index (χ0) is 13.8. The molecule has 4 heteroatoms. The molecule has 0 spiro atoms. The van der Waals surface area contributed by atoms with E-state index in [1.165, 1.54) is 0 Å². The van der Waals surface area contributed by atoms with Crippen molar-refractivity contribution in [2.45, 2.75) is 0 Å². The molecule has 0 atom stereocenters. The van der Waals surface area contributed by atoms with Crippen LogP contribution >= 0.6 is 0 Å². The summed E-state index contributed by atoms with van der Waals surface area (Å²) in [6.45, 7) is 3.57. The van der Waals surface area contributed by atoms with Crippen LogP contribution in [-0.2, 0) is 0 Å². The van der Waals surface area contributed by atoms with Gasteiger partial charge in [0.1, 0.15) is 0 Å². The van der Waals surface area contributed by atoms with E-state index in [4.69, 9.17) is 5.73 Å². The lowest BCUT2D eigenvalue weighted by atomic mass is 10.1. The van der Waals surface area contributed by atoms with Gasteiger partial charge < -0.3 is 10.6 Å². The Balaban J connectivity index is 2.35. The Bertz CT molecular complexity index is 605. The molecule has 0 aromatic heterocycles. The summed E-state index contributed by atoms with van der Waals surface area (Å²) < 4.78 is 0. The molecule has 0 bridgehead atoms. The molecule has 2 rings (SSSR count). The van der Waals surface area contributed by atoms with E-state index in [9.17, 15) is 4.79 Å². The molecule has 0 aliphatic carbocycles. The van der Waals surface area contributed by atoms with E-state index in [1.54, 1.807) is 12.1 Å². The topological polar surface area (TPSA) is 58.7 Å². The number of benzene rings is 2. The van der Waals surface area contributed by atoms with Crippen LogP contribution in [0.4, 0.5) is 17.1 Å². The van der Waals surface area contributed by atoms with Crippen LogP contribution in [0.15, 0.2) is 53.5 Å². The molecule has 19 heavy (non-hydrogen) atoms. The summed E-state index contributed by atoms with van der Waals surface area (Å²) in [6.07, 6.45) is 0. The van der Waals surface area contributed by atoms with Crippen LogP contribution < -0.4 is 10.6 Å². The van der Waals surface area contributed by atoms with Gasteiger partial charge in [-0.1, -0.05) is 12.1 Å². The van der Waals surface area contributed by atoms with Crippen molar-refractivity contribution in [3.05, 3.63) is 54.1 Å². The van der Waals surface area contributed by atoms with Gasteiger partial charge in [-0.05, 0) is 43.1 Å². The Morgan fingerprint density at radius 2 is 1.79 bits per heavy atom. The van der Waals surface area contributed by atoms with Gasteiger partial charge in [-0.3, -0.25) is 9.79 Å². The fraction of sp³-hybridized carbons (Fsp3) is 0.0667. The summed E-state index contributed by atoms with van der Waals surface area (Å²) in [6, 6.07) is 14.8. The quantitative estimate of drug-likeness (QED) is 0.852. The standard InChI is InChI=1S/C15H15N3O/c1-17-13-5-3-4-6-14(13)18(2)12-9-7-11(8-10-12)15(16)19/h3-10H,1H2,2H3,(H2,16,19). The van der Waals surface area contributed by atoms with Crippen LogP contribution in [0.5, 0.6) is 0 Å². The molecule has 2 aromatic rings. The van der Waals surface area contributed by atoms with Crippen LogP contribution in [0, 0.1) is 0 Å². The van der Waals surface area contributed by atoms with Crippen molar-refractivity contribution >= 4 is 29.7 Å². The second-order valence-electron chi connectivity index (χ2n) is 4.12. The minimum atomic E-state index is -0.428. The van der Waals surface area contributed by atoms with Crippen molar-refractivity contribution < 1.29 is 4.79 Å². The first-order valence-corrected chi connectivity index (χ1v) is 5.83. The van der Waals surface area contributed by atoms with Gasteiger partial charge in [-0.2, -0.15) is 0 Å². The van der Waals surface area contributed by atoms with Crippen molar-refractivity contribution in [3.8, 4) is 0 Å². The number of carbonyl (C=O) groups is 1. The summed E-state index contributed by atoms with van der Waals surface area (Å²) in [5, 5.41) is 0. The summed E-state index contributed by atoms with van der Waals surface area (Å²) in [5.41, 5.74) is 8.42. The molecule has 0 heterocycles. The molecule has 0 saturated carbocycles. The van der Waals surface area contributed by atoms with Crippen molar-refractivity contribution in [1.82, 2.24) is 0 Å². The molecule has 4 nitrogen and oxygen atoms in total. The van der Waals surface area contributed by atoms with Gasteiger partial charge in [0.2, 0.25) is 5.91 Å². The zero-order valence-corrected chi connectivity index (χ0v) is 10.7. The van der Waals surface area contributed by atoms with Gasteiger partial charge in [0.15, 0.2) is 0 Å². The molecule has 1 amide bonds. The Morgan fingerprint density at radius 3 is 2.37 bits per heavy atom. The molecule has 0 unspecified atom stereocenters. The van der Waals surface area contributed by atoms with Crippen LogP contribution in [0.1, 0.15) is 10.4 Å². The van der Waals surface area contributed by atoms with Crippen molar-refractivity contribution in [2.75, 3.05) is 11.9 Å². The monoisotopic (exact) mass is 253 g/mol. The highest BCUT2D eigenvalue weighted by atomic mass is 16.1. The maximum atomic E-state index is 11.0. The van der Waals surface area contributed by atoms with Gasteiger partial charge in [0.05, 0.1) is 11.4 Å². The number of amides is 1. The van der Waals surface area contributed by atoms with E-state index in [2.05, 4.69) is 11.7 Å². The Hall–Kier alpha value is -2.62. The number of nitrogens with two attached hydrogens (primary N) is 1. The van der Waals surface area contributed by atoms with E-state index in [-0.39, 0.29) is 0 Å². The normalized spacial score (nSPS) is 9.95. The Kier molecular flexibility index (Phi) is 3.61. The third-order valence-electron chi connectivity index (χ3n) is 2.95. The van der Waals surface area contributed by atoms with Gasteiger partial charge in [-0.25, -0.2) is 0 Å². The Morgan fingerprint density at radius 1 is 1.16 bits per heavy atom. The summed E-state index contributed by atoms with van der Waals surface area (Å²) in [4.78, 5) is 17.0. The second kappa shape index (κ2) is 5.35. The molecule has 0 fully saturated rings. The number of anilines is 2. The molecule has 0 aliphatic heterocycles. The average Bonchev–Trinajstić information content (AvgIpc) is 2.46. The number of carbonyl (C=O) groups excluding carboxylic acids is 1. The maximum absolute atomic E-state index is 11.0. The molecule has 2 N–H and O–H groups in total. The van der Waals surface area contributed by atoms with Crippen LogP contribution in [-0.4, -0.2) is 19.7 Å². The molecule has 0 aliphatic rings. The number of nitrogens with zero attached hydrogens (tertiary/aromatic N) is 2. The first-order valence-electron chi connectivity index (χ1n) is 5.83. The fourth-order valence-electron chi connectivity index (χ4n) is 1.87. The van der Waals surface area contributed by atoms with Gasteiger partial charge in [-0.15, -0.1) is 0 Å². The SMILES string of the molecule is C=Nc1ccccc1N(C)c1ccc(C(N)=O)cc1. The summed E-state index contributed by atoms with van der Waals surface area (Å²) in [5.74, 6) is -0.428. The third-order valence-corrected chi connectivity index (χ3v) is 2.95. The van der Waals surface area contributed by atoms with Gasteiger partial charge in [0.25, 0.3) is 0 Å². The van der Waals surface area contributed by atoms with Crippen LogP contribution in [0.2, 0.25) is 0 Å². The molecular formula is C15H15N3O. The molecule has 2 aromatic carbocycles. The van der Waals surface area contributed by atoms with E-state index in [0.717, 1.165) is 17.1 Å². The first-order chi connectivity index (χ1) is 9.13. The van der Waals surface area contributed by atoms with Gasteiger partial charge >= 0.3 is 0 Å².